The molecule has 0 spiro atoms. The summed E-state index contributed by atoms with van der Waals surface area (Å²) < 4.78 is 5.17. The van der Waals surface area contributed by atoms with Crippen molar-refractivity contribution in [3.63, 3.8) is 0 Å². The molecule has 95 heavy (non-hydrogen) atoms. The van der Waals surface area contributed by atoms with E-state index in [1.165, 1.54) is 112 Å². The van der Waals surface area contributed by atoms with Gasteiger partial charge in [0.2, 0.25) is 0 Å². The first-order chi connectivity index (χ1) is 47.2. The molecule has 17 aromatic rings. The molecule has 2 aliphatic heterocycles. The van der Waals surface area contributed by atoms with Crippen molar-refractivity contribution in [2.45, 2.75) is 0 Å². The lowest BCUT2D eigenvalue weighted by molar-refractivity contribution is 1.25. The summed E-state index contributed by atoms with van der Waals surface area (Å²) in [6.07, 6.45) is 0. The van der Waals surface area contributed by atoms with Gasteiger partial charge in [0.05, 0.1) is 11.4 Å². The number of benzene rings is 15. The van der Waals surface area contributed by atoms with Gasteiger partial charge >= 0.3 is 0 Å². The zero-order chi connectivity index (χ0) is 62.5. The van der Waals surface area contributed by atoms with Crippen molar-refractivity contribution in [1.82, 2.24) is 0 Å². The smallest absolute Gasteiger partial charge is 0.252 e. The summed E-state index contributed by atoms with van der Waals surface area (Å²) in [5, 5.41) is 5.19. The Hall–Kier alpha value is -11.6. The second kappa shape index (κ2) is 22.6. The number of anilines is 6. The van der Waals surface area contributed by atoms with Gasteiger partial charge in [-0.1, -0.05) is 297 Å². The van der Waals surface area contributed by atoms with Crippen LogP contribution in [0.15, 0.2) is 346 Å². The van der Waals surface area contributed by atoms with Crippen molar-refractivity contribution in [3.05, 3.63) is 346 Å². The third-order valence-electron chi connectivity index (χ3n) is 19.7. The largest absolute Gasteiger partial charge is 0.310 e. The van der Waals surface area contributed by atoms with Crippen LogP contribution in [-0.2, 0) is 0 Å². The molecular formula is C90H57BN2S2. The van der Waals surface area contributed by atoms with E-state index < -0.39 is 0 Å². The van der Waals surface area contributed by atoms with Gasteiger partial charge < -0.3 is 9.80 Å². The third kappa shape index (κ3) is 8.92. The molecule has 0 N–H and O–H groups in total. The Morgan fingerprint density at radius 3 is 0.905 bits per heavy atom. The molecule has 15 aromatic carbocycles. The third-order valence-corrected chi connectivity index (χ3v) is 22.0. The van der Waals surface area contributed by atoms with Crippen molar-refractivity contribution in [2.24, 2.45) is 0 Å². The summed E-state index contributed by atoms with van der Waals surface area (Å²) in [6, 6.07) is 129. The maximum atomic E-state index is 2.64. The molecule has 0 radical (unpaired) electrons. The van der Waals surface area contributed by atoms with Crippen molar-refractivity contribution in [2.75, 3.05) is 9.80 Å². The van der Waals surface area contributed by atoms with Crippen LogP contribution < -0.4 is 26.2 Å². The zero-order valence-corrected chi connectivity index (χ0v) is 53.3. The van der Waals surface area contributed by atoms with Crippen molar-refractivity contribution >= 4 is 120 Å². The first-order valence-electron chi connectivity index (χ1n) is 32.7. The van der Waals surface area contributed by atoms with Crippen LogP contribution in [0, 0.1) is 0 Å². The Labute approximate surface area is 560 Å². The van der Waals surface area contributed by atoms with Crippen LogP contribution >= 0.6 is 22.7 Å². The van der Waals surface area contributed by atoms with E-state index in [2.05, 4.69) is 356 Å². The van der Waals surface area contributed by atoms with Crippen LogP contribution in [0.2, 0.25) is 0 Å². The predicted octanol–water partition coefficient (Wildman–Crippen LogP) is 23.8. The Balaban J connectivity index is 0.887. The molecule has 0 saturated heterocycles. The molecule has 4 heterocycles. The van der Waals surface area contributed by atoms with Gasteiger partial charge in [0.15, 0.2) is 0 Å². The van der Waals surface area contributed by atoms with Gasteiger partial charge in [-0.05, 0) is 132 Å². The van der Waals surface area contributed by atoms with E-state index >= 15 is 0 Å². The lowest BCUT2D eigenvalue weighted by Crippen LogP contribution is -2.61. The summed E-state index contributed by atoms with van der Waals surface area (Å²) in [5.41, 5.74) is 29.3. The SMILES string of the molecule is c1ccc(-c2ccccc2-c2cccc(-c3ccccc3-c3ccc4c(c3)sc3ccccc34)c2N2c3ccccc3B3c4ccccc4N(c4c(-c5ccccc5-c5ccccc5)cccc4-c4ccccc4-c4ccc5c(c4)sc4ccccc45)c4cccc2c43)cc1. The summed E-state index contributed by atoms with van der Waals surface area (Å²) in [4.78, 5) is 5.29. The first-order valence-corrected chi connectivity index (χ1v) is 34.3. The number of hydrogen-bond donors (Lipinski definition) is 0. The van der Waals surface area contributed by atoms with Gasteiger partial charge in [-0.15, -0.1) is 22.7 Å². The highest BCUT2D eigenvalue weighted by Gasteiger charge is 2.45. The average Bonchev–Trinajstić information content (AvgIpc) is 1.14. The molecule has 5 heteroatoms. The van der Waals surface area contributed by atoms with Crippen LogP contribution in [0.5, 0.6) is 0 Å². The van der Waals surface area contributed by atoms with Crippen LogP contribution in [0.4, 0.5) is 34.1 Å². The highest BCUT2D eigenvalue weighted by atomic mass is 32.1. The van der Waals surface area contributed by atoms with Gasteiger partial charge in [-0.2, -0.15) is 0 Å². The second-order valence-corrected chi connectivity index (χ2v) is 27.0. The normalized spacial score (nSPS) is 12.4. The molecule has 0 fully saturated rings. The van der Waals surface area contributed by atoms with E-state index in [4.69, 9.17) is 0 Å². The fraction of sp³-hybridized carbons (Fsp3) is 0. The van der Waals surface area contributed by atoms with Crippen LogP contribution in [0.25, 0.3) is 129 Å². The fourth-order valence-corrected chi connectivity index (χ4v) is 17.9. The topological polar surface area (TPSA) is 6.48 Å². The Kier molecular flexibility index (Phi) is 13.1. The minimum Gasteiger partial charge on any atom is -0.310 e. The highest BCUT2D eigenvalue weighted by molar-refractivity contribution is 7.26. The number of hydrogen-bond acceptors (Lipinski definition) is 4. The fourth-order valence-electron chi connectivity index (χ4n) is 15.7. The number of thiophene rings is 2. The molecule has 0 saturated carbocycles. The standard InChI is InChI=1S/C90H57BN2S2/c1-3-26-58(27-4-1)62-30-7-11-34-66(62)74-40-23-42-76(68-36-13-9-32-64(68)60-52-54-72-70-38-15-21-50-84(70)94-86(72)56-60)89(74)92-80-46-19-17-44-78(80)91-79-45-18-20-47-81(79)93(83-49-25-48-82(92)88(83)91)90-75(67-35-12-8-31-63(67)59-28-5-2-6-29-59)41-24-43-77(90)69-37-14-10-33-65(69)61-53-55-73-71-39-16-22-51-85(71)95-87(73)57-61/h1-57H. The maximum absolute atomic E-state index is 2.64. The van der Waals surface area contributed by atoms with E-state index in [-0.39, 0.29) is 6.71 Å². The summed E-state index contributed by atoms with van der Waals surface area (Å²) in [6.45, 7) is -0.110. The molecule has 0 amide bonds. The second-order valence-electron chi connectivity index (χ2n) is 24.9. The Morgan fingerprint density at radius 1 is 0.200 bits per heavy atom. The minimum absolute atomic E-state index is 0.110. The summed E-state index contributed by atoms with van der Waals surface area (Å²) in [7, 11) is 0. The van der Waals surface area contributed by atoms with Gasteiger partial charge in [-0.3, -0.25) is 0 Å². The van der Waals surface area contributed by atoms with Crippen LogP contribution in [-0.4, -0.2) is 6.71 Å². The molecular weight excluding hydrogens is 1180 g/mol. The van der Waals surface area contributed by atoms with E-state index in [0.717, 1.165) is 67.5 Å². The molecule has 2 aromatic heterocycles. The van der Waals surface area contributed by atoms with E-state index in [1.54, 1.807) is 0 Å². The molecule has 442 valence electrons. The highest BCUT2D eigenvalue weighted by Crippen LogP contribution is 2.55. The molecule has 19 rings (SSSR count). The number of rotatable bonds is 10. The van der Waals surface area contributed by atoms with Crippen molar-refractivity contribution < 1.29 is 0 Å². The monoisotopic (exact) mass is 1240 g/mol. The average molecular weight is 1240 g/mol. The number of para-hydroxylation sites is 4. The van der Waals surface area contributed by atoms with E-state index in [0.29, 0.717) is 0 Å². The minimum atomic E-state index is -0.110. The lowest BCUT2D eigenvalue weighted by atomic mass is 9.33. The van der Waals surface area contributed by atoms with Gasteiger partial charge in [0, 0.05) is 85.3 Å². The van der Waals surface area contributed by atoms with Crippen molar-refractivity contribution in [3.8, 4) is 89.0 Å². The molecule has 0 aliphatic carbocycles. The summed E-state index contributed by atoms with van der Waals surface area (Å²) >= 11 is 3.74. The van der Waals surface area contributed by atoms with Gasteiger partial charge in [0.25, 0.3) is 6.71 Å². The molecule has 0 bridgehead atoms. The van der Waals surface area contributed by atoms with Crippen LogP contribution in [0.3, 0.4) is 0 Å². The molecule has 0 unspecified atom stereocenters. The Bertz CT molecular complexity index is 5550. The van der Waals surface area contributed by atoms with Gasteiger partial charge in [0.1, 0.15) is 0 Å². The molecule has 0 atom stereocenters. The van der Waals surface area contributed by atoms with E-state index in [9.17, 15) is 0 Å². The first kappa shape index (κ1) is 55.1. The quantitative estimate of drug-likeness (QED) is 0.126. The number of nitrogens with zero attached hydrogens (tertiary/aromatic N) is 2. The number of fused-ring (bicyclic) bond motifs is 10. The zero-order valence-electron chi connectivity index (χ0n) is 51.7. The summed E-state index contributed by atoms with van der Waals surface area (Å²) in [5.74, 6) is 0. The molecule has 2 aliphatic rings. The van der Waals surface area contributed by atoms with Crippen molar-refractivity contribution in [1.29, 1.82) is 0 Å². The Morgan fingerprint density at radius 2 is 0.495 bits per heavy atom. The van der Waals surface area contributed by atoms with Gasteiger partial charge in [-0.25, -0.2) is 0 Å². The lowest BCUT2D eigenvalue weighted by Gasteiger charge is -2.45. The predicted molar refractivity (Wildman–Crippen MR) is 410 cm³/mol. The van der Waals surface area contributed by atoms with E-state index in [1.807, 2.05) is 22.7 Å². The van der Waals surface area contributed by atoms with Crippen LogP contribution in [0.1, 0.15) is 0 Å². The maximum Gasteiger partial charge on any atom is 0.252 e. The molecule has 2 nitrogen and oxygen atoms in total.